The molecule has 9 nitrogen and oxygen atoms in total. The van der Waals surface area contributed by atoms with Crippen molar-refractivity contribution in [3.63, 3.8) is 0 Å². The lowest BCUT2D eigenvalue weighted by Gasteiger charge is -2.37. The molecular formula is C10H10B3FN2O7. The first-order valence-electron chi connectivity index (χ1n) is 6.19. The van der Waals surface area contributed by atoms with E-state index in [0.717, 1.165) is 0 Å². The predicted molar refractivity (Wildman–Crippen MR) is 74.4 cm³/mol. The van der Waals surface area contributed by atoms with Crippen molar-refractivity contribution in [3.05, 3.63) is 32.6 Å². The molecule has 0 spiro atoms. The zero-order valence-corrected chi connectivity index (χ0v) is 11.5. The van der Waals surface area contributed by atoms with Crippen LogP contribution >= 0.6 is 0 Å². The van der Waals surface area contributed by atoms with E-state index in [2.05, 4.69) is 4.74 Å². The zero-order valence-electron chi connectivity index (χ0n) is 11.5. The van der Waals surface area contributed by atoms with Crippen LogP contribution in [-0.4, -0.2) is 77.0 Å². The Bertz CT molecular complexity index is 734. The highest BCUT2D eigenvalue weighted by Crippen LogP contribution is 2.44. The Labute approximate surface area is 131 Å². The molecular weight excluding hydrogens is 312 g/mol. The van der Waals surface area contributed by atoms with Crippen molar-refractivity contribution in [2.45, 2.75) is 35.7 Å². The number of nitrogens with one attached hydrogen (secondary N) is 1. The van der Waals surface area contributed by atoms with Gasteiger partial charge in [-0.1, -0.05) is 0 Å². The summed E-state index contributed by atoms with van der Waals surface area (Å²) in [5.74, 6) is -3.64. The van der Waals surface area contributed by atoms with E-state index in [-0.39, 0.29) is 5.56 Å². The molecule has 2 rings (SSSR count). The highest BCUT2D eigenvalue weighted by atomic mass is 19.2. The maximum Gasteiger partial charge on any atom is 0.330 e. The minimum atomic E-state index is -3.64. The van der Waals surface area contributed by atoms with Crippen LogP contribution in [0.3, 0.4) is 0 Å². The number of hydrogen-bond acceptors (Lipinski definition) is 7. The summed E-state index contributed by atoms with van der Waals surface area (Å²) >= 11 is 0. The highest BCUT2D eigenvalue weighted by molar-refractivity contribution is 6.39. The van der Waals surface area contributed by atoms with Crippen molar-refractivity contribution in [1.82, 2.24) is 9.55 Å². The molecule has 0 saturated carbocycles. The van der Waals surface area contributed by atoms with Crippen LogP contribution in [0.15, 0.2) is 15.8 Å². The lowest BCUT2D eigenvalue weighted by molar-refractivity contribution is -0.243. The molecule has 1 fully saturated rings. The van der Waals surface area contributed by atoms with Crippen LogP contribution in [0.4, 0.5) is 4.39 Å². The lowest BCUT2D eigenvalue weighted by Crippen LogP contribution is -2.59. The quantitative estimate of drug-likeness (QED) is 0.351. The second-order valence-electron chi connectivity index (χ2n) is 5.16. The molecule has 1 aliphatic rings. The average molecular weight is 322 g/mol. The van der Waals surface area contributed by atoms with Crippen molar-refractivity contribution < 1.29 is 29.6 Å². The van der Waals surface area contributed by atoms with Gasteiger partial charge in [-0.05, 0) is 0 Å². The van der Waals surface area contributed by atoms with Gasteiger partial charge >= 0.3 is 5.69 Å². The Morgan fingerprint density at radius 3 is 2.39 bits per heavy atom. The van der Waals surface area contributed by atoms with E-state index >= 15 is 0 Å². The van der Waals surface area contributed by atoms with Crippen LogP contribution in [0.25, 0.3) is 0 Å². The van der Waals surface area contributed by atoms with Crippen molar-refractivity contribution in [2.24, 2.45) is 0 Å². The SMILES string of the molecule is [B]C([B])(O)[C@@]1(F)O[C@@]([B])(n2cc(CO)c(=O)[nH]c2=O)[C@H](O)[C@@H]1O. The van der Waals surface area contributed by atoms with Gasteiger partial charge in [0.05, 0.1) is 12.2 Å². The maximum atomic E-state index is 14.6. The molecule has 1 aromatic rings. The molecule has 0 aromatic carbocycles. The number of alkyl halides is 1. The number of nitrogens with zero attached hydrogens (tertiary/aromatic N) is 1. The summed E-state index contributed by atoms with van der Waals surface area (Å²) < 4.78 is 19.5. The van der Waals surface area contributed by atoms with E-state index in [1.54, 1.807) is 4.98 Å². The lowest BCUT2D eigenvalue weighted by atomic mass is 9.59. The summed E-state index contributed by atoms with van der Waals surface area (Å²) in [7, 11) is 15.6. The second-order valence-corrected chi connectivity index (χ2v) is 5.16. The maximum absolute atomic E-state index is 14.6. The molecule has 0 unspecified atom stereocenters. The van der Waals surface area contributed by atoms with Crippen LogP contribution in [-0.2, 0) is 17.0 Å². The molecule has 1 aromatic heterocycles. The Hall–Kier alpha value is -1.40. The van der Waals surface area contributed by atoms with E-state index < -0.39 is 46.9 Å². The second kappa shape index (κ2) is 5.31. The smallest absolute Gasteiger partial charge is 0.330 e. The number of aliphatic hydroxyl groups is 4. The fourth-order valence-corrected chi connectivity index (χ4v) is 2.18. The monoisotopic (exact) mass is 322 g/mol. The van der Waals surface area contributed by atoms with Gasteiger partial charge < -0.3 is 25.2 Å². The number of aliphatic hydroxyl groups excluding tert-OH is 3. The van der Waals surface area contributed by atoms with Gasteiger partial charge in [-0.3, -0.25) is 14.3 Å². The third-order valence-corrected chi connectivity index (χ3v) is 3.52. The third kappa shape index (κ3) is 2.48. The molecule has 118 valence electrons. The Balaban J connectivity index is 2.64. The molecule has 2 heterocycles. The summed E-state index contributed by atoms with van der Waals surface area (Å²) in [6.07, 6.45) is -4.17. The van der Waals surface area contributed by atoms with Gasteiger partial charge in [0.1, 0.15) is 41.4 Å². The van der Waals surface area contributed by atoms with Crippen LogP contribution in [0.2, 0.25) is 0 Å². The zero-order chi connectivity index (χ0) is 17.8. The highest BCUT2D eigenvalue weighted by Gasteiger charge is 2.66. The topological polar surface area (TPSA) is 145 Å². The molecule has 13 heteroatoms. The molecule has 1 saturated heterocycles. The Morgan fingerprint density at radius 2 is 1.96 bits per heavy atom. The summed E-state index contributed by atoms with van der Waals surface area (Å²) in [6, 6.07) is 0. The summed E-state index contributed by atoms with van der Waals surface area (Å²) in [5, 5.41) is 34.8. The standard InChI is InChI=1S/C10H10B3FN2O7/c11-9(16-1-3(2-17)6(20)15-7(16)21)5(19)4(18)8(14,23-9)10(12,13)22/h1,4-5,17-19,22H,2H2,(H,15,20,21)/t4-,5+,8-,9-/m0/s1. The van der Waals surface area contributed by atoms with E-state index in [0.29, 0.717) is 10.8 Å². The van der Waals surface area contributed by atoms with Gasteiger partial charge in [0, 0.05) is 11.6 Å². The first-order valence-corrected chi connectivity index (χ1v) is 6.19. The average Bonchev–Trinajstić information content (AvgIpc) is 2.61. The van der Waals surface area contributed by atoms with Gasteiger partial charge in [0.2, 0.25) is 0 Å². The van der Waals surface area contributed by atoms with Crippen molar-refractivity contribution in [3.8, 4) is 0 Å². The van der Waals surface area contributed by atoms with Crippen molar-refractivity contribution in [1.29, 1.82) is 0 Å². The van der Waals surface area contributed by atoms with Crippen LogP contribution in [0.5, 0.6) is 0 Å². The molecule has 4 atom stereocenters. The third-order valence-electron chi connectivity index (χ3n) is 3.52. The normalized spacial score (nSPS) is 34.7. The molecule has 0 amide bonds. The molecule has 0 aliphatic carbocycles. The fraction of sp³-hybridized carbons (Fsp3) is 0.600. The minimum absolute atomic E-state index is 0.320. The van der Waals surface area contributed by atoms with Crippen molar-refractivity contribution >= 4 is 23.5 Å². The largest absolute Gasteiger partial charge is 0.403 e. The Morgan fingerprint density at radius 1 is 1.39 bits per heavy atom. The van der Waals surface area contributed by atoms with Gasteiger partial charge in [-0.15, -0.1) is 0 Å². The number of ether oxygens (including phenoxy) is 1. The number of halogens is 1. The Kier molecular flexibility index (Phi) is 4.15. The molecule has 6 radical (unpaired) electrons. The summed E-state index contributed by atoms with van der Waals surface area (Å²) in [5.41, 5.74) is -5.35. The van der Waals surface area contributed by atoms with Gasteiger partial charge in [0.25, 0.3) is 11.4 Å². The van der Waals surface area contributed by atoms with Crippen LogP contribution < -0.4 is 11.2 Å². The number of aromatic nitrogens is 2. The predicted octanol–water partition coefficient (Wildman–Crippen LogP) is -4.79. The van der Waals surface area contributed by atoms with E-state index in [1.165, 1.54) is 0 Å². The number of H-pyrrole nitrogens is 1. The minimum Gasteiger partial charge on any atom is -0.403 e. The van der Waals surface area contributed by atoms with Gasteiger partial charge in [-0.2, -0.15) is 0 Å². The summed E-state index contributed by atoms with van der Waals surface area (Å²) in [6.45, 7) is -0.817. The van der Waals surface area contributed by atoms with Crippen LogP contribution in [0.1, 0.15) is 5.56 Å². The van der Waals surface area contributed by atoms with Gasteiger partial charge in [-0.25, -0.2) is 9.18 Å². The number of hydrogen-bond donors (Lipinski definition) is 5. The first kappa shape index (κ1) is 18.0. The fourth-order valence-electron chi connectivity index (χ4n) is 2.18. The summed E-state index contributed by atoms with van der Waals surface area (Å²) in [4.78, 5) is 25.0. The number of aromatic amines is 1. The van der Waals surface area contributed by atoms with E-state index in [9.17, 15) is 29.3 Å². The molecule has 0 bridgehead atoms. The molecule has 1 aliphatic heterocycles. The van der Waals surface area contributed by atoms with E-state index in [1.807, 2.05) is 0 Å². The first-order chi connectivity index (χ1) is 10.4. The van der Waals surface area contributed by atoms with Crippen LogP contribution in [0, 0.1) is 0 Å². The number of rotatable bonds is 3. The molecule has 23 heavy (non-hydrogen) atoms. The molecule has 5 N–H and O–H groups in total. The van der Waals surface area contributed by atoms with E-state index in [4.69, 9.17) is 28.6 Å². The van der Waals surface area contributed by atoms with Crippen molar-refractivity contribution in [2.75, 3.05) is 0 Å². The van der Waals surface area contributed by atoms with Gasteiger partial charge in [0.15, 0.2) is 0 Å².